The van der Waals surface area contributed by atoms with Crippen molar-refractivity contribution in [2.24, 2.45) is 0 Å². The van der Waals surface area contributed by atoms with Crippen molar-refractivity contribution in [1.29, 1.82) is 0 Å². The molecule has 5 rings (SSSR count). The van der Waals surface area contributed by atoms with Crippen LogP contribution < -0.4 is 19.7 Å². The molecule has 3 aromatic rings. The summed E-state index contributed by atoms with van der Waals surface area (Å²) < 4.78 is 11.1. The summed E-state index contributed by atoms with van der Waals surface area (Å²) in [5.41, 5.74) is 2.47. The number of para-hydroxylation sites is 1. The van der Waals surface area contributed by atoms with Crippen LogP contribution in [-0.2, 0) is 9.59 Å². The first kappa shape index (κ1) is 20.5. The monoisotopic (exact) mass is 446 g/mol. The SMILES string of the molecule is O=C(CN1C(=O)C[C@H](c2ccccc2)Sc2ccccc21)Nc1ccc2c(c1)OCCO2. The Labute approximate surface area is 190 Å². The molecule has 0 bridgehead atoms. The van der Waals surface area contributed by atoms with Crippen LogP contribution in [0, 0.1) is 0 Å². The van der Waals surface area contributed by atoms with E-state index in [1.54, 1.807) is 34.9 Å². The van der Waals surface area contributed by atoms with Gasteiger partial charge >= 0.3 is 0 Å². The number of nitrogens with zero attached hydrogens (tertiary/aromatic N) is 1. The molecule has 2 heterocycles. The van der Waals surface area contributed by atoms with Crippen LogP contribution in [0.2, 0.25) is 0 Å². The fourth-order valence-corrected chi connectivity index (χ4v) is 5.15. The maximum absolute atomic E-state index is 13.2. The number of rotatable bonds is 4. The minimum atomic E-state index is -0.270. The van der Waals surface area contributed by atoms with E-state index in [9.17, 15) is 9.59 Å². The van der Waals surface area contributed by atoms with E-state index >= 15 is 0 Å². The van der Waals surface area contributed by atoms with Gasteiger partial charge in [-0.1, -0.05) is 42.5 Å². The van der Waals surface area contributed by atoms with Crippen molar-refractivity contribution in [3.63, 3.8) is 0 Å². The largest absolute Gasteiger partial charge is 0.486 e. The number of amides is 2. The van der Waals surface area contributed by atoms with Gasteiger partial charge in [0.2, 0.25) is 11.8 Å². The smallest absolute Gasteiger partial charge is 0.244 e. The van der Waals surface area contributed by atoms with E-state index in [1.165, 1.54) is 0 Å². The molecule has 0 spiro atoms. The lowest BCUT2D eigenvalue weighted by molar-refractivity contribution is -0.121. The van der Waals surface area contributed by atoms with Gasteiger partial charge in [0, 0.05) is 28.3 Å². The maximum Gasteiger partial charge on any atom is 0.244 e. The summed E-state index contributed by atoms with van der Waals surface area (Å²) in [5, 5.41) is 2.87. The van der Waals surface area contributed by atoms with Gasteiger partial charge in [-0.3, -0.25) is 9.59 Å². The summed E-state index contributed by atoms with van der Waals surface area (Å²) >= 11 is 1.66. The maximum atomic E-state index is 13.2. The van der Waals surface area contributed by atoms with Gasteiger partial charge in [0.25, 0.3) is 0 Å². The highest BCUT2D eigenvalue weighted by Crippen LogP contribution is 2.45. The van der Waals surface area contributed by atoms with Crippen LogP contribution >= 0.6 is 11.8 Å². The van der Waals surface area contributed by atoms with E-state index < -0.39 is 0 Å². The second kappa shape index (κ2) is 8.96. The molecule has 0 fully saturated rings. The number of carbonyl (C=O) groups excluding carboxylic acids is 2. The zero-order valence-corrected chi connectivity index (χ0v) is 18.1. The van der Waals surface area contributed by atoms with Crippen molar-refractivity contribution in [1.82, 2.24) is 0 Å². The van der Waals surface area contributed by atoms with Crippen LogP contribution in [0.1, 0.15) is 17.2 Å². The number of thioether (sulfide) groups is 1. The van der Waals surface area contributed by atoms with E-state index in [4.69, 9.17) is 9.47 Å². The van der Waals surface area contributed by atoms with Crippen LogP contribution in [0.4, 0.5) is 11.4 Å². The summed E-state index contributed by atoms with van der Waals surface area (Å²) in [7, 11) is 0. The molecule has 7 heteroatoms. The van der Waals surface area contributed by atoms with Gasteiger partial charge < -0.3 is 19.7 Å². The number of hydrogen-bond acceptors (Lipinski definition) is 5. The van der Waals surface area contributed by atoms with Gasteiger partial charge in [0.15, 0.2) is 11.5 Å². The average molecular weight is 447 g/mol. The van der Waals surface area contributed by atoms with Crippen molar-refractivity contribution in [3.05, 3.63) is 78.4 Å². The summed E-state index contributed by atoms with van der Waals surface area (Å²) in [5.74, 6) is 0.920. The molecule has 0 radical (unpaired) electrons. The molecule has 0 saturated heterocycles. The fraction of sp³-hybridized carbons (Fsp3) is 0.200. The Morgan fingerprint density at radius 3 is 2.56 bits per heavy atom. The second-order valence-electron chi connectivity index (χ2n) is 7.58. The summed E-state index contributed by atoms with van der Waals surface area (Å²) in [6.45, 7) is 0.924. The average Bonchev–Trinajstić information content (AvgIpc) is 2.96. The molecule has 162 valence electrons. The first-order valence-corrected chi connectivity index (χ1v) is 11.4. The lowest BCUT2D eigenvalue weighted by Gasteiger charge is -2.22. The third kappa shape index (κ3) is 4.29. The number of hydrogen-bond donors (Lipinski definition) is 1. The molecule has 3 aromatic carbocycles. The Hall–Kier alpha value is -3.45. The number of carbonyl (C=O) groups is 2. The number of anilines is 2. The molecular formula is C25H22N2O4S. The quantitative estimate of drug-likeness (QED) is 0.631. The molecule has 0 unspecified atom stereocenters. The third-order valence-corrected chi connectivity index (χ3v) is 6.71. The Morgan fingerprint density at radius 1 is 0.969 bits per heavy atom. The van der Waals surface area contributed by atoms with Gasteiger partial charge in [-0.05, 0) is 29.8 Å². The number of fused-ring (bicyclic) bond motifs is 2. The van der Waals surface area contributed by atoms with Crippen LogP contribution in [0.5, 0.6) is 11.5 Å². The fourth-order valence-electron chi connectivity index (χ4n) is 3.87. The first-order chi connectivity index (χ1) is 15.7. The molecule has 0 saturated carbocycles. The minimum Gasteiger partial charge on any atom is -0.486 e. The Balaban J connectivity index is 1.36. The molecule has 32 heavy (non-hydrogen) atoms. The predicted octanol–water partition coefficient (Wildman–Crippen LogP) is 4.67. The van der Waals surface area contributed by atoms with Crippen molar-refractivity contribution in [2.45, 2.75) is 16.6 Å². The number of ether oxygens (including phenoxy) is 2. The molecule has 1 atom stereocenters. The van der Waals surface area contributed by atoms with Gasteiger partial charge in [-0.2, -0.15) is 0 Å². The molecular weight excluding hydrogens is 424 g/mol. The number of benzene rings is 3. The highest BCUT2D eigenvalue weighted by Gasteiger charge is 2.30. The molecule has 2 aliphatic rings. The van der Waals surface area contributed by atoms with Crippen LogP contribution in [0.25, 0.3) is 0 Å². The van der Waals surface area contributed by atoms with Crippen molar-refractivity contribution < 1.29 is 19.1 Å². The van der Waals surface area contributed by atoms with Crippen LogP contribution in [0.15, 0.2) is 77.7 Å². The highest BCUT2D eigenvalue weighted by atomic mass is 32.2. The molecule has 2 aliphatic heterocycles. The zero-order chi connectivity index (χ0) is 21.9. The van der Waals surface area contributed by atoms with Crippen molar-refractivity contribution in [3.8, 4) is 11.5 Å². The lowest BCUT2D eigenvalue weighted by Crippen LogP contribution is -2.38. The lowest BCUT2D eigenvalue weighted by atomic mass is 10.1. The molecule has 1 N–H and O–H groups in total. The van der Waals surface area contributed by atoms with Gasteiger partial charge in [-0.25, -0.2) is 0 Å². The van der Waals surface area contributed by atoms with E-state index in [2.05, 4.69) is 5.32 Å². The summed E-state index contributed by atoms with van der Waals surface area (Å²) in [4.78, 5) is 28.7. The minimum absolute atomic E-state index is 0.00398. The molecule has 6 nitrogen and oxygen atoms in total. The molecule has 0 aromatic heterocycles. The predicted molar refractivity (Wildman–Crippen MR) is 125 cm³/mol. The van der Waals surface area contributed by atoms with E-state index in [1.807, 2.05) is 54.6 Å². The zero-order valence-electron chi connectivity index (χ0n) is 17.3. The Morgan fingerprint density at radius 2 is 1.72 bits per heavy atom. The van der Waals surface area contributed by atoms with E-state index in [-0.39, 0.29) is 23.6 Å². The standard InChI is InChI=1S/C25H22N2O4S/c28-24(26-18-10-11-20-21(14-18)31-13-12-30-20)16-27-19-8-4-5-9-22(19)32-23(15-25(27)29)17-6-2-1-3-7-17/h1-11,14,23H,12-13,15-16H2,(H,26,28)/t23-/m1/s1. The van der Waals surface area contributed by atoms with Gasteiger partial charge in [0.1, 0.15) is 19.8 Å². The van der Waals surface area contributed by atoms with Gasteiger partial charge in [0.05, 0.1) is 5.69 Å². The molecule has 0 aliphatic carbocycles. The van der Waals surface area contributed by atoms with E-state index in [0.717, 1.165) is 16.1 Å². The van der Waals surface area contributed by atoms with Crippen molar-refractivity contribution in [2.75, 3.05) is 30.0 Å². The number of nitrogens with one attached hydrogen (secondary N) is 1. The van der Waals surface area contributed by atoms with Crippen LogP contribution in [-0.4, -0.2) is 31.6 Å². The van der Waals surface area contributed by atoms with Gasteiger partial charge in [-0.15, -0.1) is 11.8 Å². The normalized spacial score (nSPS) is 17.3. The second-order valence-corrected chi connectivity index (χ2v) is 8.82. The first-order valence-electron chi connectivity index (χ1n) is 10.5. The highest BCUT2D eigenvalue weighted by molar-refractivity contribution is 7.99. The van der Waals surface area contributed by atoms with Crippen molar-refractivity contribution >= 4 is 35.0 Å². The molecule has 2 amide bonds. The third-order valence-electron chi connectivity index (χ3n) is 5.39. The Bertz CT molecular complexity index is 1150. The Kier molecular flexibility index (Phi) is 5.73. The topological polar surface area (TPSA) is 67.9 Å². The summed E-state index contributed by atoms with van der Waals surface area (Å²) in [6, 6.07) is 23.0. The summed E-state index contributed by atoms with van der Waals surface area (Å²) in [6.07, 6.45) is 0.320. The van der Waals surface area contributed by atoms with E-state index in [0.29, 0.717) is 36.8 Å². The van der Waals surface area contributed by atoms with Crippen LogP contribution in [0.3, 0.4) is 0 Å².